The molecule has 2 atom stereocenters. The molecule has 12 N–H and O–H groups in total. The molecule has 6 aromatic carbocycles. The Balaban J connectivity index is 0.000000159. The Hall–Kier alpha value is -13.1. The molecule has 10 heterocycles. The van der Waals surface area contributed by atoms with Crippen molar-refractivity contribution in [2.75, 3.05) is 147 Å². The highest BCUT2D eigenvalue weighted by Crippen LogP contribution is 2.43. The van der Waals surface area contributed by atoms with E-state index in [0.29, 0.717) is 86.5 Å². The maximum absolute atomic E-state index is 13.3. The minimum Gasteiger partial charge on any atom is -0.480 e. The van der Waals surface area contributed by atoms with Gasteiger partial charge >= 0.3 is 5.97 Å². The molecule has 2 aliphatic carbocycles. The summed E-state index contributed by atoms with van der Waals surface area (Å²) in [7, 11) is 0. The van der Waals surface area contributed by atoms with E-state index in [0.717, 1.165) is 188 Å². The van der Waals surface area contributed by atoms with Crippen LogP contribution in [0.15, 0.2) is 171 Å². The van der Waals surface area contributed by atoms with Gasteiger partial charge in [-0.1, -0.05) is 72.8 Å². The number of benzene rings is 6. The third-order valence-electron chi connectivity index (χ3n) is 25.4. The fraction of sp³-hybridized carbons (Fsp3) is 0.394. The second-order valence-corrected chi connectivity index (χ2v) is 33.2. The lowest BCUT2D eigenvalue weighted by Gasteiger charge is -2.42. The molecule has 0 radical (unpaired) electrons. The van der Waals surface area contributed by atoms with Crippen molar-refractivity contribution < 1.29 is 67.2 Å². The number of nitrogens with one attached hydrogen (secondary N) is 5. The maximum atomic E-state index is 13.3. The summed E-state index contributed by atoms with van der Waals surface area (Å²) in [4.78, 5) is 141. The van der Waals surface area contributed by atoms with Crippen LogP contribution in [0.5, 0.6) is 23.0 Å². The van der Waals surface area contributed by atoms with Crippen molar-refractivity contribution in [1.29, 1.82) is 0 Å². The van der Waals surface area contributed by atoms with Crippen molar-refractivity contribution in [2.45, 2.75) is 113 Å². The van der Waals surface area contributed by atoms with E-state index in [1.807, 2.05) is 84.9 Å². The molecule has 34 nitrogen and oxygen atoms in total. The van der Waals surface area contributed by atoms with Gasteiger partial charge in [0.1, 0.15) is 71.2 Å². The lowest BCUT2D eigenvalue weighted by Crippen LogP contribution is -2.54. The van der Waals surface area contributed by atoms with E-state index in [9.17, 15) is 43.2 Å². The monoisotopic (exact) mass is 1740 g/mol. The number of aromatic nitrogens is 6. The van der Waals surface area contributed by atoms with Crippen LogP contribution in [0.25, 0.3) is 44.3 Å². The minimum absolute atomic E-state index is 0.0353. The molecule has 128 heavy (non-hydrogen) atoms. The molecule has 8 amide bonds. The molecular formula is C94H108N20O14. The Morgan fingerprint density at radius 1 is 0.453 bits per heavy atom. The number of carboxylic acids is 1. The summed E-state index contributed by atoms with van der Waals surface area (Å²) in [6, 6.07) is 45.8. The molecule has 6 fully saturated rings. The lowest BCUT2D eigenvalue weighted by atomic mass is 9.89. The first-order valence-electron chi connectivity index (χ1n) is 44.2. The molecule has 0 spiro atoms. The molecular weight excluding hydrogens is 1630 g/mol. The van der Waals surface area contributed by atoms with E-state index in [4.69, 9.17) is 51.2 Å². The van der Waals surface area contributed by atoms with Crippen molar-refractivity contribution in [3.63, 3.8) is 0 Å². The van der Waals surface area contributed by atoms with Gasteiger partial charge in [-0.2, -0.15) is 0 Å². The number of aliphatic carboxylic acids is 1. The molecule has 0 bridgehead atoms. The first-order chi connectivity index (χ1) is 62.4. The number of hydrogen-bond acceptors (Lipinski definition) is 26. The van der Waals surface area contributed by atoms with E-state index in [-0.39, 0.29) is 79.0 Å². The number of amides is 8. The summed E-state index contributed by atoms with van der Waals surface area (Å²) in [5, 5.41) is 23.9. The summed E-state index contributed by atoms with van der Waals surface area (Å²) >= 11 is 0. The number of nitrogens with two attached hydrogens (primary N) is 3. The van der Waals surface area contributed by atoms with Crippen LogP contribution in [0, 0.1) is 0 Å². The van der Waals surface area contributed by atoms with Crippen molar-refractivity contribution >= 4 is 98.3 Å². The second-order valence-electron chi connectivity index (χ2n) is 33.2. The molecule has 4 aromatic heterocycles. The number of fused-ring (bicyclic) bond motifs is 4. The van der Waals surface area contributed by atoms with Gasteiger partial charge in [-0.25, -0.2) is 19.9 Å². The number of imide groups is 3. The lowest BCUT2D eigenvalue weighted by molar-refractivity contribution is -0.137. The van der Waals surface area contributed by atoms with Crippen molar-refractivity contribution in [2.24, 2.45) is 5.73 Å². The molecule has 2 unspecified atom stereocenters. The molecule has 34 heteroatoms. The van der Waals surface area contributed by atoms with Gasteiger partial charge in [0.05, 0.1) is 72.0 Å². The van der Waals surface area contributed by atoms with Gasteiger partial charge in [-0.05, 0) is 148 Å². The van der Waals surface area contributed by atoms with Crippen LogP contribution >= 0.6 is 0 Å². The highest BCUT2D eigenvalue weighted by Gasteiger charge is 2.47. The Labute approximate surface area is 740 Å². The van der Waals surface area contributed by atoms with Crippen molar-refractivity contribution in [1.82, 2.24) is 74.4 Å². The number of carboxylic acid groups (broad SMARTS) is 1. The smallest absolute Gasteiger partial charge is 0.322 e. The van der Waals surface area contributed by atoms with Gasteiger partial charge in [-0.3, -0.25) is 77.9 Å². The van der Waals surface area contributed by atoms with Crippen molar-refractivity contribution in [3.05, 3.63) is 193 Å². The molecule has 10 aromatic rings. The van der Waals surface area contributed by atoms with E-state index < -0.39 is 47.5 Å². The number of para-hydroxylation sites is 2. The number of carbonyl (C=O) groups excluding carboxylic acids is 8. The molecule has 668 valence electrons. The third-order valence-corrected chi connectivity index (χ3v) is 25.4. The first kappa shape index (κ1) is 88.3. The van der Waals surface area contributed by atoms with Crippen LogP contribution in [-0.2, 0) is 33.4 Å². The van der Waals surface area contributed by atoms with Gasteiger partial charge < -0.3 is 71.7 Å². The zero-order valence-electron chi connectivity index (χ0n) is 71.4. The number of piperazine rings is 2. The number of anilines is 4. The Morgan fingerprint density at radius 2 is 0.906 bits per heavy atom. The number of nitrogens with zero attached hydrogens (tertiary/aromatic N) is 12. The molecule has 6 aliphatic heterocycles. The van der Waals surface area contributed by atoms with Gasteiger partial charge in [0.2, 0.25) is 23.6 Å². The SMILES string of the molecule is NCCOCCN1CCN(C2CCC(n3cc(-c4ccc(Oc5ccccc5)cc4)c4c(N)ncnc43)CC2)CC1.Nc1ncnc2c1c(-c1ccc(Oc3ccccc3)cc1)cn2C1CCC(N2CCN(CCOCCNC(=O)CNc3cccc4c3C(=O)N(C3CCC(=O)NC3=O)C4=O)CC2)CC1.O=C(O)CNc1cccc2c1C(=O)N(C1CCC(=O)NC1)C2=O. The van der Waals surface area contributed by atoms with Crippen LogP contribution in [-0.4, -0.2) is 266 Å². The molecule has 4 saturated heterocycles. The zero-order chi connectivity index (χ0) is 88.7. The number of rotatable bonds is 29. The van der Waals surface area contributed by atoms with Crippen LogP contribution < -0.4 is 53.3 Å². The van der Waals surface area contributed by atoms with Crippen LogP contribution in [0.3, 0.4) is 0 Å². The maximum Gasteiger partial charge on any atom is 0.322 e. The van der Waals surface area contributed by atoms with E-state index in [1.165, 1.54) is 18.9 Å². The number of nitrogen functional groups attached to an aromatic ring is 2. The number of carbonyl (C=O) groups is 9. The Bertz CT molecular complexity index is 5640. The summed E-state index contributed by atoms with van der Waals surface area (Å²) in [5.41, 5.74) is 25.8. The topological polar surface area (TPSA) is 430 Å². The summed E-state index contributed by atoms with van der Waals surface area (Å²) in [6.45, 7) is 13.3. The summed E-state index contributed by atoms with van der Waals surface area (Å²) in [5.74, 6) is -0.505. The van der Waals surface area contributed by atoms with Gasteiger partial charge in [0, 0.05) is 157 Å². The summed E-state index contributed by atoms with van der Waals surface area (Å²) < 4.78 is 28.1. The molecule has 18 rings (SSSR count). The van der Waals surface area contributed by atoms with E-state index in [2.05, 4.69) is 102 Å². The Kier molecular flexibility index (Phi) is 28.4. The average molecular weight is 1740 g/mol. The van der Waals surface area contributed by atoms with Crippen molar-refractivity contribution in [3.8, 4) is 45.3 Å². The van der Waals surface area contributed by atoms with Gasteiger partial charge in [0.25, 0.3) is 23.6 Å². The predicted octanol–water partition coefficient (Wildman–Crippen LogP) is 8.83. The fourth-order valence-electron chi connectivity index (χ4n) is 18.7. The van der Waals surface area contributed by atoms with Crippen LogP contribution in [0.4, 0.5) is 23.0 Å². The number of hydrogen-bond donors (Lipinski definition) is 9. The fourth-order valence-corrected chi connectivity index (χ4v) is 18.7. The highest BCUT2D eigenvalue weighted by atomic mass is 16.5. The largest absolute Gasteiger partial charge is 0.480 e. The summed E-state index contributed by atoms with van der Waals surface area (Å²) in [6.07, 6.45) is 17.4. The minimum atomic E-state index is -1.06. The van der Waals surface area contributed by atoms with Gasteiger partial charge in [-0.15, -0.1) is 0 Å². The zero-order valence-corrected chi connectivity index (χ0v) is 71.4. The molecule has 8 aliphatic rings. The normalized spacial score (nSPS) is 20.5. The van der Waals surface area contributed by atoms with E-state index >= 15 is 0 Å². The predicted molar refractivity (Wildman–Crippen MR) is 481 cm³/mol. The van der Waals surface area contributed by atoms with Crippen LogP contribution in [0.2, 0.25) is 0 Å². The third kappa shape index (κ3) is 20.5. The average Bonchev–Trinajstić information content (AvgIpc) is 1.61. The van der Waals surface area contributed by atoms with E-state index in [1.54, 1.807) is 43.0 Å². The standard InChI is InChI=1S/C47H52N10O7.C32H41N7O2.C15H15N3O5/c48-43-42-36(30-9-15-34(16-10-30)64-33-5-2-1-3-6-33)28-56(44(42)52-29-51-43)32-13-11-31(12-14-32)55-22-20-54(21-23-55)24-26-63-25-19-49-40(59)27-50-37-8-4-7-35-41(37)47(62)57(46(35)61)38-17-18-39(58)53-45(38)60;33-14-20-40-21-19-37-15-17-38(18-16-37)25-8-10-26(11-9-25)39-22-29(30-31(34)35-23-36-32(30)39)24-6-12-28(13-7-24)41-27-4-2-1-3-5-27;19-11-5-4-8(6-17-11)18-14(22)9-2-1-3-10(13(9)15(18)23)16-7-12(20)21/h1-10,15-16,28-29,31-32,38,50H,11-14,17-27H2,(H,49,59)(H2,48,51,52)(H,53,58,60);1-7,12-13,22-23,25-26H,8-11,14-21,33H2,(H2,34,35,36);1-3,8,16H,4-7H2,(H,17,19)(H,20,21). The van der Waals surface area contributed by atoms with Gasteiger partial charge in [0.15, 0.2) is 0 Å². The second kappa shape index (κ2) is 41.1. The molecule has 2 saturated carbocycles. The quantitative estimate of drug-likeness (QED) is 0.0156. The van der Waals surface area contributed by atoms with Crippen LogP contribution in [0.1, 0.15) is 131 Å². The Morgan fingerprint density at radius 3 is 1.38 bits per heavy atom. The number of piperidine rings is 2. The number of ether oxygens (including phenoxy) is 4. The first-order valence-corrected chi connectivity index (χ1v) is 44.2. The highest BCUT2D eigenvalue weighted by molar-refractivity contribution is 6.26.